The molecule has 4 atom stereocenters. The van der Waals surface area contributed by atoms with Crippen LogP contribution in [0.3, 0.4) is 0 Å². The zero-order valence-corrected chi connectivity index (χ0v) is 8.25. The van der Waals surface area contributed by atoms with Crippen LogP contribution in [0, 0.1) is 0 Å². The maximum absolute atomic E-state index is 10.8. The first-order chi connectivity index (χ1) is 6.90. The van der Waals surface area contributed by atoms with E-state index in [4.69, 9.17) is 9.84 Å². The molecule has 1 aliphatic rings. The van der Waals surface area contributed by atoms with Crippen LogP contribution in [0.5, 0.6) is 0 Å². The lowest BCUT2D eigenvalue weighted by Crippen LogP contribution is -2.69. The van der Waals surface area contributed by atoms with Crippen molar-refractivity contribution in [3.05, 3.63) is 0 Å². The molecule has 1 rings (SSSR count). The fraction of sp³-hybridized carbons (Fsp3) is 0.875. The summed E-state index contributed by atoms with van der Waals surface area (Å²) in [5.74, 6) is -0.560. The van der Waals surface area contributed by atoms with Crippen LogP contribution in [0.25, 0.3) is 0 Å². The van der Waals surface area contributed by atoms with Crippen molar-refractivity contribution < 1.29 is 30.0 Å². The highest BCUT2D eigenvalue weighted by molar-refractivity contribution is 5.73. The predicted molar refractivity (Wildman–Crippen MR) is 47.6 cm³/mol. The van der Waals surface area contributed by atoms with Gasteiger partial charge in [0.25, 0.3) is 0 Å². The topological polar surface area (TPSA) is 119 Å². The fourth-order valence-corrected chi connectivity index (χ4v) is 1.48. The van der Waals surface area contributed by atoms with Crippen molar-refractivity contribution in [2.45, 2.75) is 31.0 Å². The Morgan fingerprint density at radius 1 is 1.60 bits per heavy atom. The molecule has 0 spiro atoms. The Bertz CT molecular complexity index is 247. The van der Waals surface area contributed by atoms with Gasteiger partial charge in [0.2, 0.25) is 5.91 Å². The lowest BCUT2D eigenvalue weighted by Gasteiger charge is -2.42. The van der Waals surface area contributed by atoms with Gasteiger partial charge in [-0.2, -0.15) is 0 Å². The molecular weight excluding hydrogens is 206 g/mol. The molecule has 1 heterocycles. The van der Waals surface area contributed by atoms with Crippen molar-refractivity contribution in [3.63, 3.8) is 0 Å². The Hall–Kier alpha value is -0.730. The molecule has 88 valence electrons. The second-order valence-corrected chi connectivity index (χ2v) is 3.57. The minimum absolute atomic E-state index is 0.393. The number of carbonyl (C=O) groups is 1. The zero-order chi connectivity index (χ0) is 11.6. The Kier molecular flexibility index (Phi) is 3.63. The van der Waals surface area contributed by atoms with E-state index in [1.54, 1.807) is 0 Å². The number of amides is 1. The first kappa shape index (κ1) is 12.3. The van der Waals surface area contributed by atoms with Crippen molar-refractivity contribution in [1.29, 1.82) is 0 Å². The smallest absolute Gasteiger partial charge is 0.219 e. The van der Waals surface area contributed by atoms with Gasteiger partial charge in [0.05, 0.1) is 13.2 Å². The zero-order valence-electron chi connectivity index (χ0n) is 8.25. The summed E-state index contributed by atoms with van der Waals surface area (Å²) in [6.07, 6.45) is -4.03. The molecule has 0 saturated carbocycles. The lowest BCUT2D eigenvalue weighted by molar-refractivity contribution is -0.249. The van der Waals surface area contributed by atoms with Gasteiger partial charge in [0, 0.05) is 6.92 Å². The number of nitrogens with one attached hydrogen (secondary N) is 1. The van der Waals surface area contributed by atoms with Gasteiger partial charge < -0.3 is 30.5 Å². The standard InChI is InChI=1S/C8H15NO6/c1-4(11)9-8(14)3-15-5(2-10)6(12)7(8)13/h5-7,10,12-14H,2-3H2,1H3,(H,9,11)/t5-,6-,7+,8+/m1/s1. The van der Waals surface area contributed by atoms with Gasteiger partial charge in [-0.15, -0.1) is 0 Å². The fourth-order valence-electron chi connectivity index (χ4n) is 1.48. The van der Waals surface area contributed by atoms with E-state index in [9.17, 15) is 20.1 Å². The van der Waals surface area contributed by atoms with Crippen LogP contribution in [-0.4, -0.2) is 63.6 Å². The summed E-state index contributed by atoms with van der Waals surface area (Å²) >= 11 is 0. The van der Waals surface area contributed by atoms with Gasteiger partial charge >= 0.3 is 0 Å². The first-order valence-electron chi connectivity index (χ1n) is 4.50. The first-order valence-corrected chi connectivity index (χ1v) is 4.50. The summed E-state index contributed by atoms with van der Waals surface area (Å²) in [4.78, 5) is 10.8. The van der Waals surface area contributed by atoms with Crippen LogP contribution in [0.4, 0.5) is 0 Å². The van der Waals surface area contributed by atoms with Gasteiger partial charge in [-0.1, -0.05) is 0 Å². The van der Waals surface area contributed by atoms with E-state index in [1.807, 2.05) is 0 Å². The Balaban J connectivity index is 2.74. The molecule has 0 aromatic carbocycles. The molecule has 15 heavy (non-hydrogen) atoms. The normalized spacial score (nSPS) is 41.3. The highest BCUT2D eigenvalue weighted by atomic mass is 16.5. The minimum Gasteiger partial charge on any atom is -0.394 e. The third-order valence-electron chi connectivity index (χ3n) is 2.28. The summed E-state index contributed by atoms with van der Waals surface area (Å²) in [5, 5.41) is 39.6. The summed E-state index contributed by atoms with van der Waals surface area (Å²) in [6, 6.07) is 0. The molecule has 1 fully saturated rings. The van der Waals surface area contributed by atoms with Crippen molar-refractivity contribution >= 4 is 5.91 Å². The Morgan fingerprint density at radius 2 is 2.20 bits per heavy atom. The molecule has 1 amide bonds. The van der Waals surface area contributed by atoms with Gasteiger partial charge in [0.15, 0.2) is 5.72 Å². The molecule has 7 heteroatoms. The van der Waals surface area contributed by atoms with E-state index in [0.717, 1.165) is 6.92 Å². The number of hydrogen-bond donors (Lipinski definition) is 5. The maximum Gasteiger partial charge on any atom is 0.219 e. The van der Waals surface area contributed by atoms with Crippen molar-refractivity contribution in [2.24, 2.45) is 0 Å². The summed E-state index contributed by atoms with van der Waals surface area (Å²) in [6.45, 7) is 0.291. The van der Waals surface area contributed by atoms with E-state index < -0.39 is 43.2 Å². The van der Waals surface area contributed by atoms with Gasteiger partial charge in [-0.25, -0.2) is 0 Å². The van der Waals surface area contributed by atoms with Crippen molar-refractivity contribution in [3.8, 4) is 0 Å². The van der Waals surface area contributed by atoms with Crippen LogP contribution in [0.1, 0.15) is 6.92 Å². The predicted octanol–water partition coefficient (Wildman–Crippen LogP) is -3.08. The van der Waals surface area contributed by atoms with E-state index >= 15 is 0 Å². The van der Waals surface area contributed by atoms with E-state index in [-0.39, 0.29) is 0 Å². The second-order valence-electron chi connectivity index (χ2n) is 3.57. The van der Waals surface area contributed by atoms with Crippen LogP contribution in [0.15, 0.2) is 0 Å². The quantitative estimate of drug-likeness (QED) is 0.316. The second kappa shape index (κ2) is 4.42. The largest absolute Gasteiger partial charge is 0.394 e. The lowest BCUT2D eigenvalue weighted by atomic mass is 9.95. The van der Waals surface area contributed by atoms with Crippen LogP contribution >= 0.6 is 0 Å². The van der Waals surface area contributed by atoms with Crippen molar-refractivity contribution in [1.82, 2.24) is 5.32 Å². The SMILES string of the molecule is CC(=O)N[C@]1(O)CO[C@H](CO)[C@@H](O)[C@@H]1O. The number of ether oxygens (including phenoxy) is 1. The molecule has 0 radical (unpaired) electrons. The monoisotopic (exact) mass is 221 g/mol. The van der Waals surface area contributed by atoms with Gasteiger partial charge in [0.1, 0.15) is 18.3 Å². The highest BCUT2D eigenvalue weighted by Crippen LogP contribution is 2.22. The van der Waals surface area contributed by atoms with Crippen molar-refractivity contribution in [2.75, 3.05) is 13.2 Å². The molecule has 1 saturated heterocycles. The summed E-state index contributed by atoms with van der Waals surface area (Å²) < 4.78 is 4.90. The van der Waals surface area contributed by atoms with Crippen LogP contribution in [-0.2, 0) is 9.53 Å². The molecule has 0 bridgehead atoms. The number of aliphatic hydroxyl groups excluding tert-OH is 3. The van der Waals surface area contributed by atoms with E-state index in [1.165, 1.54) is 0 Å². The van der Waals surface area contributed by atoms with Crippen LogP contribution < -0.4 is 5.32 Å². The average molecular weight is 221 g/mol. The third kappa shape index (κ3) is 2.44. The molecule has 5 N–H and O–H groups in total. The highest BCUT2D eigenvalue weighted by Gasteiger charge is 2.48. The number of aliphatic hydroxyl groups is 4. The van der Waals surface area contributed by atoms with Gasteiger partial charge in [-0.3, -0.25) is 4.79 Å². The molecular formula is C8H15NO6. The average Bonchev–Trinajstić information content (AvgIpc) is 2.14. The maximum atomic E-state index is 10.8. The molecule has 7 nitrogen and oxygen atoms in total. The summed E-state index contributed by atoms with van der Waals surface area (Å²) in [7, 11) is 0. The Morgan fingerprint density at radius 3 is 2.67 bits per heavy atom. The number of hydrogen-bond acceptors (Lipinski definition) is 6. The number of rotatable bonds is 2. The number of carbonyl (C=O) groups excluding carboxylic acids is 1. The van der Waals surface area contributed by atoms with E-state index in [0.29, 0.717) is 0 Å². The Labute approximate surface area is 86.3 Å². The minimum atomic E-state index is -2.02. The molecule has 0 aromatic rings. The molecule has 1 aliphatic heterocycles. The van der Waals surface area contributed by atoms with Gasteiger partial charge in [-0.05, 0) is 0 Å². The molecule has 0 unspecified atom stereocenters. The van der Waals surface area contributed by atoms with Crippen LogP contribution in [0.2, 0.25) is 0 Å². The third-order valence-corrected chi connectivity index (χ3v) is 2.28. The molecule has 0 aliphatic carbocycles. The van der Waals surface area contributed by atoms with E-state index in [2.05, 4.69) is 5.32 Å². The molecule has 0 aromatic heterocycles. The summed E-state index contributed by atoms with van der Waals surface area (Å²) in [5.41, 5.74) is -2.02.